The Kier molecular flexibility index (Phi) is 3.06. The van der Waals surface area contributed by atoms with Gasteiger partial charge in [-0.2, -0.15) is 0 Å². The molecule has 0 fully saturated rings. The number of hydrogen-bond acceptors (Lipinski definition) is 4. The van der Waals surface area contributed by atoms with Crippen molar-refractivity contribution in [1.82, 2.24) is 4.98 Å². The van der Waals surface area contributed by atoms with E-state index in [1.54, 1.807) is 7.11 Å². The highest BCUT2D eigenvalue weighted by Gasteiger charge is 2.11. The van der Waals surface area contributed by atoms with Crippen LogP contribution < -0.4 is 10.1 Å². The van der Waals surface area contributed by atoms with Gasteiger partial charge in [-0.15, -0.1) is 0 Å². The summed E-state index contributed by atoms with van der Waals surface area (Å²) < 4.78 is 11.1. The van der Waals surface area contributed by atoms with E-state index >= 15 is 0 Å². The van der Waals surface area contributed by atoms with Gasteiger partial charge in [0.25, 0.3) is 0 Å². The first-order valence-electron chi connectivity index (χ1n) is 6.44. The minimum Gasteiger partial charge on any atom is -0.497 e. The largest absolute Gasteiger partial charge is 0.497 e. The third-order valence-electron chi connectivity index (χ3n) is 3.28. The van der Waals surface area contributed by atoms with Crippen LogP contribution in [0.4, 0.5) is 5.69 Å². The standard InChI is InChI=1S/C16H16N2O2/c1-10-7-12(17-2)9-14-15(10)20-16(18-14)11-5-4-6-13(8-11)19-3/h4-9,17H,1-3H3. The third kappa shape index (κ3) is 2.09. The van der Waals surface area contributed by atoms with E-state index in [-0.39, 0.29) is 0 Å². The second-order valence-electron chi connectivity index (χ2n) is 4.64. The van der Waals surface area contributed by atoms with Crippen molar-refractivity contribution in [1.29, 1.82) is 0 Å². The Hall–Kier alpha value is -2.49. The normalized spacial score (nSPS) is 10.8. The SMILES string of the molecule is CNc1cc(C)c2oc(-c3cccc(OC)c3)nc2c1. The van der Waals surface area contributed by atoms with E-state index in [1.165, 1.54) is 0 Å². The van der Waals surface area contributed by atoms with Crippen LogP contribution in [-0.4, -0.2) is 19.1 Å². The molecule has 0 aliphatic rings. The molecule has 1 aromatic heterocycles. The van der Waals surface area contributed by atoms with Crippen LogP contribution >= 0.6 is 0 Å². The molecule has 3 aromatic rings. The molecule has 0 bridgehead atoms. The first-order chi connectivity index (χ1) is 9.71. The highest BCUT2D eigenvalue weighted by atomic mass is 16.5. The van der Waals surface area contributed by atoms with Crippen molar-refractivity contribution >= 4 is 16.8 Å². The Labute approximate surface area is 117 Å². The van der Waals surface area contributed by atoms with Crippen LogP contribution in [0.2, 0.25) is 0 Å². The summed E-state index contributed by atoms with van der Waals surface area (Å²) in [5.74, 6) is 1.40. The summed E-state index contributed by atoms with van der Waals surface area (Å²) in [6, 6.07) is 11.7. The molecule has 20 heavy (non-hydrogen) atoms. The van der Waals surface area contributed by atoms with E-state index in [2.05, 4.69) is 10.3 Å². The van der Waals surface area contributed by atoms with E-state index < -0.39 is 0 Å². The van der Waals surface area contributed by atoms with Crippen molar-refractivity contribution in [3.63, 3.8) is 0 Å². The topological polar surface area (TPSA) is 47.3 Å². The Bertz CT molecular complexity index is 762. The number of anilines is 1. The number of aryl methyl sites for hydroxylation is 1. The van der Waals surface area contributed by atoms with Crippen LogP contribution in [0.1, 0.15) is 5.56 Å². The lowest BCUT2D eigenvalue weighted by atomic mass is 10.2. The second kappa shape index (κ2) is 4.89. The Morgan fingerprint density at radius 2 is 2.05 bits per heavy atom. The molecule has 0 amide bonds. The predicted octanol–water partition coefficient (Wildman–Crippen LogP) is 3.85. The zero-order chi connectivity index (χ0) is 14.1. The number of rotatable bonds is 3. The van der Waals surface area contributed by atoms with Crippen LogP contribution in [0.3, 0.4) is 0 Å². The zero-order valence-corrected chi connectivity index (χ0v) is 11.7. The average molecular weight is 268 g/mol. The number of oxazole rings is 1. The van der Waals surface area contributed by atoms with Crippen LogP contribution in [0.5, 0.6) is 5.75 Å². The Balaban J connectivity index is 2.14. The summed E-state index contributed by atoms with van der Waals surface area (Å²) in [5.41, 5.74) is 4.67. The van der Waals surface area contributed by atoms with Crippen molar-refractivity contribution in [3.8, 4) is 17.2 Å². The molecule has 1 heterocycles. The molecular formula is C16H16N2O2. The predicted molar refractivity (Wildman–Crippen MR) is 80.3 cm³/mol. The number of nitrogens with zero attached hydrogens (tertiary/aromatic N) is 1. The van der Waals surface area contributed by atoms with Gasteiger partial charge < -0.3 is 14.5 Å². The number of fused-ring (bicyclic) bond motifs is 1. The summed E-state index contributed by atoms with van der Waals surface area (Å²) in [6.07, 6.45) is 0. The lowest BCUT2D eigenvalue weighted by molar-refractivity contribution is 0.415. The zero-order valence-electron chi connectivity index (χ0n) is 11.7. The number of benzene rings is 2. The second-order valence-corrected chi connectivity index (χ2v) is 4.64. The van der Waals surface area contributed by atoms with Crippen molar-refractivity contribution in [3.05, 3.63) is 42.0 Å². The van der Waals surface area contributed by atoms with Crippen LogP contribution in [0.15, 0.2) is 40.8 Å². The smallest absolute Gasteiger partial charge is 0.227 e. The molecule has 0 saturated heterocycles. The molecule has 0 unspecified atom stereocenters. The van der Waals surface area contributed by atoms with Gasteiger partial charge in [-0.05, 0) is 42.8 Å². The highest BCUT2D eigenvalue weighted by molar-refractivity contribution is 5.83. The lowest BCUT2D eigenvalue weighted by Gasteiger charge is -2.00. The van der Waals surface area contributed by atoms with Gasteiger partial charge in [-0.1, -0.05) is 6.07 Å². The molecular weight excluding hydrogens is 252 g/mol. The molecule has 102 valence electrons. The molecule has 0 saturated carbocycles. The number of ether oxygens (including phenoxy) is 1. The summed E-state index contributed by atoms with van der Waals surface area (Å²) in [4.78, 5) is 4.57. The first kappa shape index (κ1) is 12.5. The molecule has 3 rings (SSSR count). The van der Waals surface area contributed by atoms with Gasteiger partial charge in [0.1, 0.15) is 11.3 Å². The van der Waals surface area contributed by atoms with Crippen LogP contribution in [0.25, 0.3) is 22.6 Å². The molecule has 1 N–H and O–H groups in total. The molecule has 0 aliphatic carbocycles. The fourth-order valence-electron chi connectivity index (χ4n) is 2.22. The maximum absolute atomic E-state index is 5.89. The number of hydrogen-bond donors (Lipinski definition) is 1. The maximum atomic E-state index is 5.89. The van der Waals surface area contributed by atoms with Crippen LogP contribution in [0, 0.1) is 6.92 Å². The van der Waals surface area contributed by atoms with Gasteiger partial charge in [0.15, 0.2) is 5.58 Å². The van der Waals surface area contributed by atoms with E-state index in [1.807, 2.05) is 50.4 Å². The van der Waals surface area contributed by atoms with Crippen molar-refractivity contribution in [2.45, 2.75) is 6.92 Å². The molecule has 2 aromatic carbocycles. The van der Waals surface area contributed by atoms with Crippen molar-refractivity contribution < 1.29 is 9.15 Å². The van der Waals surface area contributed by atoms with E-state index in [0.29, 0.717) is 5.89 Å². The van der Waals surface area contributed by atoms with E-state index in [0.717, 1.165) is 33.7 Å². The number of aromatic nitrogens is 1. The fraction of sp³-hybridized carbons (Fsp3) is 0.188. The average Bonchev–Trinajstić information content (AvgIpc) is 2.92. The van der Waals surface area contributed by atoms with Gasteiger partial charge in [-0.25, -0.2) is 4.98 Å². The summed E-state index contributed by atoms with van der Waals surface area (Å²) in [5, 5.41) is 3.13. The molecule has 0 radical (unpaired) electrons. The van der Waals surface area contributed by atoms with Gasteiger partial charge in [-0.3, -0.25) is 0 Å². The van der Waals surface area contributed by atoms with Gasteiger partial charge in [0.05, 0.1) is 7.11 Å². The molecule has 0 aliphatic heterocycles. The lowest BCUT2D eigenvalue weighted by Crippen LogP contribution is -1.88. The molecule has 0 spiro atoms. The maximum Gasteiger partial charge on any atom is 0.227 e. The summed E-state index contributed by atoms with van der Waals surface area (Å²) >= 11 is 0. The summed E-state index contributed by atoms with van der Waals surface area (Å²) in [6.45, 7) is 2.02. The van der Waals surface area contributed by atoms with E-state index in [4.69, 9.17) is 9.15 Å². The fourth-order valence-corrected chi connectivity index (χ4v) is 2.22. The monoisotopic (exact) mass is 268 g/mol. The van der Waals surface area contributed by atoms with Crippen LogP contribution in [-0.2, 0) is 0 Å². The molecule has 4 heteroatoms. The van der Waals surface area contributed by atoms with Crippen molar-refractivity contribution in [2.75, 3.05) is 19.5 Å². The van der Waals surface area contributed by atoms with Gasteiger partial charge in [0, 0.05) is 18.3 Å². The molecule has 4 nitrogen and oxygen atoms in total. The number of nitrogens with one attached hydrogen (secondary N) is 1. The minimum absolute atomic E-state index is 0.607. The van der Waals surface area contributed by atoms with E-state index in [9.17, 15) is 0 Å². The highest BCUT2D eigenvalue weighted by Crippen LogP contribution is 2.30. The van der Waals surface area contributed by atoms with Gasteiger partial charge >= 0.3 is 0 Å². The van der Waals surface area contributed by atoms with Gasteiger partial charge in [0.2, 0.25) is 5.89 Å². The molecule has 0 atom stereocenters. The Morgan fingerprint density at radius 1 is 1.20 bits per heavy atom. The number of methoxy groups -OCH3 is 1. The van der Waals surface area contributed by atoms with Crippen molar-refractivity contribution in [2.24, 2.45) is 0 Å². The first-order valence-corrected chi connectivity index (χ1v) is 6.44. The quantitative estimate of drug-likeness (QED) is 0.783. The third-order valence-corrected chi connectivity index (χ3v) is 3.28. The summed E-state index contributed by atoms with van der Waals surface area (Å²) in [7, 11) is 3.54. The minimum atomic E-state index is 0.607. The Morgan fingerprint density at radius 3 is 2.80 bits per heavy atom.